The van der Waals surface area contributed by atoms with Crippen molar-refractivity contribution in [1.29, 1.82) is 5.41 Å². The number of rotatable bonds is 4. The van der Waals surface area contributed by atoms with Crippen LogP contribution < -0.4 is 10.5 Å². The number of nitrogens with one attached hydrogen (secondary N) is 1. The van der Waals surface area contributed by atoms with Crippen molar-refractivity contribution in [2.24, 2.45) is 5.73 Å². The van der Waals surface area contributed by atoms with Crippen LogP contribution >= 0.6 is 15.9 Å². The summed E-state index contributed by atoms with van der Waals surface area (Å²) in [5.41, 5.74) is 6.63. The number of nitro groups is 1. The number of hydrogen-bond donors (Lipinski definition) is 2. The Labute approximate surface area is 129 Å². The molecule has 0 unspecified atom stereocenters. The van der Waals surface area contributed by atoms with Crippen LogP contribution in [-0.4, -0.2) is 10.8 Å². The van der Waals surface area contributed by atoms with Gasteiger partial charge in [-0.25, -0.2) is 0 Å². The van der Waals surface area contributed by atoms with Gasteiger partial charge in [0.15, 0.2) is 0 Å². The lowest BCUT2D eigenvalue weighted by Crippen LogP contribution is -2.12. The molecule has 3 N–H and O–H groups in total. The standard InChI is InChI=1S/C14H12BrN3O3/c1-8-2-4-10(18(19)20)7-13(8)21-12-5-3-9(15)6-11(12)14(16)17/h2-7H,1H3,(H3,16,17). The first-order chi connectivity index (χ1) is 9.88. The van der Waals surface area contributed by atoms with Crippen LogP contribution in [-0.2, 0) is 0 Å². The number of halogens is 1. The third-order valence-corrected chi connectivity index (χ3v) is 3.33. The van der Waals surface area contributed by atoms with E-state index in [1.54, 1.807) is 31.2 Å². The molecule has 108 valence electrons. The normalized spacial score (nSPS) is 10.2. The number of aryl methyl sites for hydroxylation is 1. The highest BCUT2D eigenvalue weighted by molar-refractivity contribution is 9.10. The van der Waals surface area contributed by atoms with E-state index in [0.717, 1.165) is 10.0 Å². The maximum absolute atomic E-state index is 10.8. The lowest BCUT2D eigenvalue weighted by molar-refractivity contribution is -0.384. The zero-order valence-electron chi connectivity index (χ0n) is 11.1. The van der Waals surface area contributed by atoms with E-state index in [9.17, 15) is 10.1 Å². The van der Waals surface area contributed by atoms with E-state index < -0.39 is 4.92 Å². The molecule has 0 fully saturated rings. The lowest BCUT2D eigenvalue weighted by Gasteiger charge is -2.12. The molecule has 0 saturated heterocycles. The Morgan fingerprint density at radius 3 is 2.62 bits per heavy atom. The molecule has 2 rings (SSSR count). The Morgan fingerprint density at radius 2 is 2.00 bits per heavy atom. The summed E-state index contributed by atoms with van der Waals surface area (Å²) in [6.07, 6.45) is 0. The highest BCUT2D eigenvalue weighted by Crippen LogP contribution is 2.32. The van der Waals surface area contributed by atoms with E-state index in [4.69, 9.17) is 15.9 Å². The molecule has 0 aliphatic carbocycles. The third-order valence-electron chi connectivity index (χ3n) is 2.83. The molecular formula is C14H12BrN3O3. The van der Waals surface area contributed by atoms with Crippen molar-refractivity contribution in [3.8, 4) is 11.5 Å². The van der Waals surface area contributed by atoms with Crippen LogP contribution in [0.15, 0.2) is 40.9 Å². The largest absolute Gasteiger partial charge is 0.456 e. The molecule has 0 radical (unpaired) electrons. The van der Waals surface area contributed by atoms with Gasteiger partial charge in [-0.05, 0) is 36.8 Å². The first kappa shape index (κ1) is 15.0. The van der Waals surface area contributed by atoms with Gasteiger partial charge in [0, 0.05) is 10.5 Å². The molecule has 7 heteroatoms. The number of nitrogens with zero attached hydrogens (tertiary/aromatic N) is 1. The summed E-state index contributed by atoms with van der Waals surface area (Å²) < 4.78 is 6.46. The number of benzene rings is 2. The molecule has 0 aromatic heterocycles. The van der Waals surface area contributed by atoms with Gasteiger partial charge in [0.1, 0.15) is 17.3 Å². The molecule has 2 aromatic carbocycles. The van der Waals surface area contributed by atoms with Crippen molar-refractivity contribution in [1.82, 2.24) is 0 Å². The van der Waals surface area contributed by atoms with Gasteiger partial charge in [0.05, 0.1) is 16.6 Å². The van der Waals surface area contributed by atoms with Crippen LogP contribution in [0.3, 0.4) is 0 Å². The van der Waals surface area contributed by atoms with Gasteiger partial charge in [-0.1, -0.05) is 15.9 Å². The number of non-ortho nitro benzene ring substituents is 1. The highest BCUT2D eigenvalue weighted by atomic mass is 79.9. The van der Waals surface area contributed by atoms with Crippen molar-refractivity contribution >= 4 is 27.5 Å². The Balaban J connectivity index is 2.45. The van der Waals surface area contributed by atoms with E-state index in [0.29, 0.717) is 17.1 Å². The first-order valence-corrected chi connectivity index (χ1v) is 6.74. The number of hydrogen-bond acceptors (Lipinski definition) is 4. The predicted molar refractivity (Wildman–Crippen MR) is 83.1 cm³/mol. The van der Waals surface area contributed by atoms with Gasteiger partial charge >= 0.3 is 0 Å². The third kappa shape index (κ3) is 3.38. The van der Waals surface area contributed by atoms with E-state index in [2.05, 4.69) is 15.9 Å². The van der Waals surface area contributed by atoms with Gasteiger partial charge in [-0.15, -0.1) is 0 Å². The summed E-state index contributed by atoms with van der Waals surface area (Å²) in [4.78, 5) is 10.3. The predicted octanol–water partition coefficient (Wildman–Crippen LogP) is 3.74. The molecular weight excluding hydrogens is 338 g/mol. The van der Waals surface area contributed by atoms with Crippen LogP contribution in [0.25, 0.3) is 0 Å². The van der Waals surface area contributed by atoms with E-state index in [-0.39, 0.29) is 11.5 Å². The van der Waals surface area contributed by atoms with Gasteiger partial charge in [-0.2, -0.15) is 0 Å². The fourth-order valence-corrected chi connectivity index (χ4v) is 2.09. The van der Waals surface area contributed by atoms with Crippen LogP contribution in [0.5, 0.6) is 11.5 Å². The molecule has 0 saturated carbocycles. The Kier molecular flexibility index (Phi) is 4.23. The molecule has 0 spiro atoms. The molecule has 0 aliphatic rings. The van der Waals surface area contributed by atoms with Gasteiger partial charge in [0.25, 0.3) is 5.69 Å². The van der Waals surface area contributed by atoms with E-state index in [1.807, 2.05) is 0 Å². The summed E-state index contributed by atoms with van der Waals surface area (Å²) in [6.45, 7) is 1.78. The van der Waals surface area contributed by atoms with E-state index >= 15 is 0 Å². The minimum Gasteiger partial charge on any atom is -0.456 e. The zero-order chi connectivity index (χ0) is 15.6. The monoisotopic (exact) mass is 349 g/mol. The number of amidine groups is 1. The SMILES string of the molecule is Cc1ccc([N+](=O)[O-])cc1Oc1ccc(Br)cc1C(=N)N. The second-order valence-electron chi connectivity index (χ2n) is 4.36. The van der Waals surface area contributed by atoms with Crippen molar-refractivity contribution in [3.05, 3.63) is 62.1 Å². The molecule has 0 heterocycles. The lowest BCUT2D eigenvalue weighted by atomic mass is 10.1. The van der Waals surface area contributed by atoms with Gasteiger partial charge in [0.2, 0.25) is 0 Å². The number of nitrogens with two attached hydrogens (primary N) is 1. The minimum atomic E-state index is -0.486. The van der Waals surface area contributed by atoms with Gasteiger partial charge in [-0.3, -0.25) is 15.5 Å². The van der Waals surface area contributed by atoms with Crippen LogP contribution in [0.4, 0.5) is 5.69 Å². The van der Waals surface area contributed by atoms with Crippen molar-refractivity contribution < 1.29 is 9.66 Å². The van der Waals surface area contributed by atoms with Crippen LogP contribution in [0.1, 0.15) is 11.1 Å². The molecule has 21 heavy (non-hydrogen) atoms. The van der Waals surface area contributed by atoms with Crippen LogP contribution in [0, 0.1) is 22.4 Å². The smallest absolute Gasteiger partial charge is 0.273 e. The minimum absolute atomic E-state index is 0.0583. The summed E-state index contributed by atoms with van der Waals surface area (Å²) in [5, 5.41) is 18.4. The van der Waals surface area contributed by atoms with E-state index in [1.165, 1.54) is 12.1 Å². The van der Waals surface area contributed by atoms with Crippen molar-refractivity contribution in [3.63, 3.8) is 0 Å². The van der Waals surface area contributed by atoms with Crippen LogP contribution in [0.2, 0.25) is 0 Å². The topological polar surface area (TPSA) is 102 Å². The number of nitrogen functional groups attached to an aromatic ring is 1. The number of nitro benzene ring substituents is 1. The second-order valence-corrected chi connectivity index (χ2v) is 5.28. The van der Waals surface area contributed by atoms with Gasteiger partial charge < -0.3 is 10.5 Å². The Bertz CT molecular complexity index is 731. The Morgan fingerprint density at radius 1 is 1.29 bits per heavy atom. The first-order valence-electron chi connectivity index (χ1n) is 5.95. The second kappa shape index (κ2) is 5.92. The maximum Gasteiger partial charge on any atom is 0.273 e. The molecule has 6 nitrogen and oxygen atoms in total. The molecule has 0 bridgehead atoms. The molecule has 0 atom stereocenters. The number of ether oxygens (including phenoxy) is 1. The zero-order valence-corrected chi connectivity index (χ0v) is 12.7. The molecule has 0 amide bonds. The van der Waals surface area contributed by atoms with Crippen molar-refractivity contribution in [2.75, 3.05) is 0 Å². The molecule has 2 aromatic rings. The fraction of sp³-hybridized carbons (Fsp3) is 0.0714. The summed E-state index contributed by atoms with van der Waals surface area (Å²) in [7, 11) is 0. The average molecular weight is 350 g/mol. The Hall–Kier alpha value is -2.41. The molecule has 0 aliphatic heterocycles. The van der Waals surface area contributed by atoms with Crippen molar-refractivity contribution in [2.45, 2.75) is 6.92 Å². The average Bonchev–Trinajstić information content (AvgIpc) is 2.42. The quantitative estimate of drug-likeness (QED) is 0.379. The highest BCUT2D eigenvalue weighted by Gasteiger charge is 2.13. The summed E-state index contributed by atoms with van der Waals surface area (Å²) >= 11 is 3.30. The fourth-order valence-electron chi connectivity index (χ4n) is 1.73. The summed E-state index contributed by atoms with van der Waals surface area (Å²) in [5.74, 6) is 0.581. The summed E-state index contributed by atoms with van der Waals surface area (Å²) in [6, 6.07) is 9.43. The maximum atomic E-state index is 10.8.